The number of nitrogens with zero attached hydrogens (tertiary/aromatic N) is 2. The van der Waals surface area contributed by atoms with E-state index in [1.807, 2.05) is 0 Å². The zero-order valence-corrected chi connectivity index (χ0v) is 30.2. The monoisotopic (exact) mass is 784 g/mol. The van der Waals surface area contributed by atoms with Crippen molar-refractivity contribution in [1.29, 1.82) is 0 Å². The highest BCUT2D eigenvalue weighted by Crippen LogP contribution is 2.24. The minimum Gasteiger partial charge on any atom is -0.478 e. The fraction of sp³-hybridized carbons (Fsp3) is 0.220. The summed E-state index contributed by atoms with van der Waals surface area (Å²) >= 11 is 5.22. The molecule has 0 saturated carbocycles. The second-order valence-corrected chi connectivity index (χ2v) is 12.6. The van der Waals surface area contributed by atoms with E-state index >= 15 is 0 Å². The van der Waals surface area contributed by atoms with Gasteiger partial charge in [-0.1, -0.05) is 56.0 Å². The molecule has 6 rings (SSSR count). The maximum Gasteiger partial charge on any atom is 0.337 e. The van der Waals surface area contributed by atoms with E-state index in [2.05, 4.69) is 5.32 Å². The number of nitrogen functional groups attached to an aromatic ring is 1. The van der Waals surface area contributed by atoms with Crippen LogP contribution in [0, 0.1) is 0 Å². The van der Waals surface area contributed by atoms with E-state index in [1.165, 1.54) is 28.0 Å². The molecule has 5 N–H and O–H groups in total. The number of para-hydroxylation sites is 2. The van der Waals surface area contributed by atoms with Gasteiger partial charge in [0.25, 0.3) is 23.6 Å². The van der Waals surface area contributed by atoms with Gasteiger partial charge in [-0.05, 0) is 85.8 Å². The number of imide groups is 2. The summed E-state index contributed by atoms with van der Waals surface area (Å²) in [6.45, 7) is 0.571. The lowest BCUT2D eigenvalue weighted by Crippen LogP contribution is -2.30. The molecule has 4 aromatic carbocycles. The van der Waals surface area contributed by atoms with Gasteiger partial charge in [0, 0.05) is 31.6 Å². The molecule has 2 aliphatic rings. The number of anilines is 2. The molecule has 5 amide bonds. The third-order valence-corrected chi connectivity index (χ3v) is 8.61. The van der Waals surface area contributed by atoms with Crippen molar-refractivity contribution in [3.8, 4) is 0 Å². The number of aromatic carboxylic acids is 2. The minimum atomic E-state index is -1.11. The predicted octanol–water partition coefficient (Wildman–Crippen LogP) is 6.61. The summed E-state index contributed by atoms with van der Waals surface area (Å²) < 4.78 is 0. The number of carboxylic acids is 2. The number of fused-ring (bicyclic) bond motifs is 2. The molecule has 2 aliphatic heterocycles. The number of nitrogens with two attached hydrogens (primary N) is 1. The van der Waals surface area contributed by atoms with Gasteiger partial charge in [-0.15, -0.1) is 0 Å². The van der Waals surface area contributed by atoms with Crippen LogP contribution in [0.25, 0.3) is 0 Å². The van der Waals surface area contributed by atoms with Crippen LogP contribution in [0.2, 0.25) is 0 Å². The maximum absolute atomic E-state index is 12.2. The fourth-order valence-electron chi connectivity index (χ4n) is 5.66. The summed E-state index contributed by atoms with van der Waals surface area (Å²) in [5.41, 5.74) is 7.79. The van der Waals surface area contributed by atoms with Crippen molar-refractivity contribution in [1.82, 2.24) is 9.80 Å². The van der Waals surface area contributed by atoms with Gasteiger partial charge in [0.2, 0.25) is 11.1 Å². The van der Waals surface area contributed by atoms with Crippen LogP contribution in [-0.2, 0) is 9.59 Å². The third-order valence-electron chi connectivity index (χ3n) is 8.42. The van der Waals surface area contributed by atoms with Gasteiger partial charge in [-0.25, -0.2) is 9.59 Å². The summed E-state index contributed by atoms with van der Waals surface area (Å²) in [5.74, 6) is -3.55. The van der Waals surface area contributed by atoms with Crippen LogP contribution in [0.1, 0.15) is 108 Å². The number of benzene rings is 4. The summed E-state index contributed by atoms with van der Waals surface area (Å²) in [7, 11) is 0. The van der Waals surface area contributed by atoms with Crippen molar-refractivity contribution < 1.29 is 48.6 Å². The number of halogens is 1. The Bertz CT molecular complexity index is 2070. The van der Waals surface area contributed by atoms with Crippen molar-refractivity contribution in [2.75, 3.05) is 24.1 Å². The van der Waals surface area contributed by atoms with Gasteiger partial charge in [0.05, 0.1) is 39.1 Å². The average Bonchev–Trinajstić information content (AvgIpc) is 3.56. The number of carbonyl (C=O) groups excluding carboxylic acids is 6. The lowest BCUT2D eigenvalue weighted by Gasteiger charge is -2.13. The van der Waals surface area contributed by atoms with E-state index in [1.54, 1.807) is 78.9 Å². The molecule has 2 heterocycles. The van der Waals surface area contributed by atoms with Gasteiger partial charge < -0.3 is 21.3 Å². The van der Waals surface area contributed by atoms with E-state index in [0.717, 1.165) is 0 Å². The number of nitrogens with one attached hydrogen (secondary N) is 1. The summed E-state index contributed by atoms with van der Waals surface area (Å²) in [6.07, 6.45) is 2.55. The standard InChI is InChI=1S/C20H18N2O5.C13H12ClNO3.C7H7NO2.CH4/c23-17(21-16-10-4-3-9-15(16)20(26)27)11-5-6-12-22-18(24)13-7-1-2-8-14(13)19(22)25;14-11(16)7-3-4-8-15-12(17)9-5-1-2-6-10(9)13(15)18;8-6-4-2-1-3-5(6)7(9)10;/h1-4,7-10H,5-6,11-12H2,(H,21,23)(H,26,27);1-2,5-6H,3-4,7-8H2;1-4H,8H2,(H,9,10);1H4. The fourth-order valence-corrected chi connectivity index (χ4v) is 5.79. The van der Waals surface area contributed by atoms with Crippen molar-refractivity contribution in [3.63, 3.8) is 0 Å². The number of amides is 5. The normalized spacial score (nSPS) is 12.3. The van der Waals surface area contributed by atoms with Crippen LogP contribution < -0.4 is 11.1 Å². The van der Waals surface area contributed by atoms with Crippen molar-refractivity contribution >= 4 is 69.7 Å². The first kappa shape index (κ1) is 43.7. The maximum atomic E-state index is 12.2. The Morgan fingerprint density at radius 2 is 0.929 bits per heavy atom. The summed E-state index contributed by atoms with van der Waals surface area (Å²) in [6, 6.07) is 26.0. The first-order valence-electron chi connectivity index (χ1n) is 17.1. The molecule has 0 aliphatic carbocycles. The first-order valence-corrected chi connectivity index (χ1v) is 17.5. The molecule has 4 aromatic rings. The van der Waals surface area contributed by atoms with Gasteiger partial charge in [-0.2, -0.15) is 0 Å². The molecule has 0 bridgehead atoms. The molecule has 0 atom stereocenters. The molecule has 292 valence electrons. The van der Waals surface area contributed by atoms with Crippen molar-refractivity contribution in [3.05, 3.63) is 130 Å². The Hall–Kier alpha value is -6.67. The zero-order valence-electron chi connectivity index (χ0n) is 29.4. The number of rotatable bonds is 13. The molecule has 0 spiro atoms. The zero-order chi connectivity index (χ0) is 40.1. The molecule has 0 aromatic heterocycles. The molecular formula is C41H41ClN4O10. The summed E-state index contributed by atoms with van der Waals surface area (Å²) in [5, 5.41) is 19.8. The molecule has 15 heteroatoms. The van der Waals surface area contributed by atoms with Crippen LogP contribution in [-0.4, -0.2) is 79.8 Å². The Morgan fingerprint density at radius 1 is 0.554 bits per heavy atom. The average molecular weight is 785 g/mol. The van der Waals surface area contributed by atoms with Crippen LogP contribution in [0.4, 0.5) is 11.4 Å². The second-order valence-electron chi connectivity index (χ2n) is 12.2. The number of unbranched alkanes of at least 4 members (excludes halogenated alkanes) is 2. The van der Waals surface area contributed by atoms with Crippen LogP contribution >= 0.6 is 11.6 Å². The molecule has 56 heavy (non-hydrogen) atoms. The third kappa shape index (κ3) is 11.2. The van der Waals surface area contributed by atoms with E-state index in [9.17, 15) is 38.4 Å². The van der Waals surface area contributed by atoms with Gasteiger partial charge in [-0.3, -0.25) is 38.6 Å². The molecule has 0 saturated heterocycles. The topological polar surface area (TPSA) is 222 Å². The molecule has 0 radical (unpaired) electrons. The Morgan fingerprint density at radius 3 is 1.32 bits per heavy atom. The Labute approximate surface area is 327 Å². The van der Waals surface area contributed by atoms with Gasteiger partial charge in [0.1, 0.15) is 0 Å². The van der Waals surface area contributed by atoms with Gasteiger partial charge in [0.15, 0.2) is 0 Å². The Kier molecular flexibility index (Phi) is 16.2. The number of carboxylic acid groups (broad SMARTS) is 2. The van der Waals surface area contributed by atoms with Crippen molar-refractivity contribution in [2.24, 2.45) is 0 Å². The van der Waals surface area contributed by atoms with E-state index in [0.29, 0.717) is 60.2 Å². The second kappa shape index (κ2) is 20.7. The quantitative estimate of drug-likeness (QED) is 0.0489. The van der Waals surface area contributed by atoms with E-state index in [-0.39, 0.29) is 73.2 Å². The lowest BCUT2D eigenvalue weighted by molar-refractivity contribution is -0.116. The summed E-state index contributed by atoms with van der Waals surface area (Å²) in [4.78, 5) is 94.9. The smallest absolute Gasteiger partial charge is 0.337 e. The lowest BCUT2D eigenvalue weighted by atomic mass is 10.1. The highest BCUT2D eigenvalue weighted by atomic mass is 35.5. The van der Waals surface area contributed by atoms with Crippen molar-refractivity contribution in [2.45, 2.75) is 46.0 Å². The highest BCUT2D eigenvalue weighted by molar-refractivity contribution is 6.63. The highest BCUT2D eigenvalue weighted by Gasteiger charge is 2.35. The van der Waals surface area contributed by atoms with E-state index in [4.69, 9.17) is 27.5 Å². The molecule has 14 nitrogen and oxygen atoms in total. The van der Waals surface area contributed by atoms with Crippen LogP contribution in [0.3, 0.4) is 0 Å². The predicted molar refractivity (Wildman–Crippen MR) is 209 cm³/mol. The van der Waals surface area contributed by atoms with Crippen LogP contribution in [0.15, 0.2) is 97.1 Å². The largest absolute Gasteiger partial charge is 0.478 e. The minimum absolute atomic E-state index is 0. The van der Waals surface area contributed by atoms with Crippen LogP contribution in [0.5, 0.6) is 0 Å². The first-order chi connectivity index (χ1) is 26.3. The number of carbonyl (C=O) groups is 8. The molecule has 0 unspecified atom stereocenters. The van der Waals surface area contributed by atoms with E-state index < -0.39 is 17.2 Å². The number of hydrogen-bond acceptors (Lipinski definition) is 9. The SMILES string of the molecule is C.Nc1ccccc1C(=O)O.O=C(CCCCN1C(=O)c2ccccc2C1=O)Nc1ccccc1C(=O)O.O=C(Cl)CCCCN1C(=O)c2ccccc2C1=O. The molecule has 0 fully saturated rings. The van der Waals surface area contributed by atoms with Gasteiger partial charge >= 0.3 is 11.9 Å². The Balaban J connectivity index is 0.000000249. The molecular weight excluding hydrogens is 744 g/mol. The number of hydrogen-bond donors (Lipinski definition) is 4.